The van der Waals surface area contributed by atoms with Crippen LogP contribution in [0.3, 0.4) is 0 Å². The summed E-state index contributed by atoms with van der Waals surface area (Å²) < 4.78 is 3.93. The van der Waals surface area contributed by atoms with Gasteiger partial charge in [0.05, 0.1) is 12.8 Å². The Bertz CT molecular complexity index is 494. The van der Waals surface area contributed by atoms with Crippen LogP contribution in [0.2, 0.25) is 0 Å². The van der Waals surface area contributed by atoms with Crippen LogP contribution in [0.25, 0.3) is 0 Å². The lowest BCUT2D eigenvalue weighted by atomic mass is 9.84. The lowest BCUT2D eigenvalue weighted by Gasteiger charge is -2.29. The van der Waals surface area contributed by atoms with Gasteiger partial charge in [-0.25, -0.2) is 0 Å². The van der Waals surface area contributed by atoms with E-state index in [0.29, 0.717) is 5.69 Å². The number of halogens is 1. The van der Waals surface area contributed by atoms with Crippen LogP contribution in [0.15, 0.2) is 34.6 Å². The summed E-state index contributed by atoms with van der Waals surface area (Å²) in [5, 5.41) is 8.30. The van der Waals surface area contributed by atoms with Crippen molar-refractivity contribution in [1.82, 2.24) is 4.98 Å². The number of hydrogen-bond donors (Lipinski definition) is 1. The van der Waals surface area contributed by atoms with Gasteiger partial charge >= 0.3 is 5.97 Å². The lowest BCUT2D eigenvalue weighted by molar-refractivity contribution is -0.147. The Balaban J connectivity index is 2.50. The fourth-order valence-corrected chi connectivity index (χ4v) is 3.38. The predicted molar refractivity (Wildman–Crippen MR) is 77.7 cm³/mol. The zero-order valence-corrected chi connectivity index (χ0v) is 12.9. The van der Waals surface area contributed by atoms with Crippen molar-refractivity contribution >= 4 is 41.2 Å². The van der Waals surface area contributed by atoms with Crippen LogP contribution < -0.4 is 0 Å². The summed E-state index contributed by atoms with van der Waals surface area (Å²) in [4.78, 5) is 16.3. The smallest absolute Gasteiger partial charge is 0.315 e. The molecule has 0 aromatic carbocycles. The average Bonchev–Trinajstić information content (AvgIpc) is 2.62. The van der Waals surface area contributed by atoms with Gasteiger partial charge in [-0.2, -0.15) is 10.2 Å². The number of hydrogen-bond acceptors (Lipinski definition) is 6. The first kappa shape index (κ1) is 13.7. The number of ether oxygens (including phenoxy) is 1. The van der Waals surface area contributed by atoms with Crippen LogP contribution in [0, 0.1) is 5.92 Å². The van der Waals surface area contributed by atoms with Crippen molar-refractivity contribution in [3.8, 4) is 0 Å². The monoisotopic (exact) mass is 377 g/mol. The highest BCUT2D eigenvalue weighted by molar-refractivity contribution is 14.1. The molecule has 0 fully saturated rings. The summed E-state index contributed by atoms with van der Waals surface area (Å²) in [6.45, 7) is 1.82. The maximum absolute atomic E-state index is 12.0. The molecule has 18 heavy (non-hydrogen) atoms. The first-order valence-electron chi connectivity index (χ1n) is 5.26. The molecule has 0 amide bonds. The summed E-state index contributed by atoms with van der Waals surface area (Å²) >= 11 is 6.39. The minimum absolute atomic E-state index is 0.391. The maximum Gasteiger partial charge on any atom is 0.315 e. The van der Waals surface area contributed by atoms with Crippen molar-refractivity contribution in [3.05, 3.63) is 30.1 Å². The summed E-state index contributed by atoms with van der Waals surface area (Å²) in [5.74, 6) is -1.01. The molecule has 5 nitrogen and oxygen atoms in total. The molecule has 1 aliphatic rings. The van der Waals surface area contributed by atoms with E-state index in [1.165, 1.54) is 7.11 Å². The number of aromatic nitrogens is 1. The second-order valence-electron chi connectivity index (χ2n) is 4.16. The number of esters is 1. The van der Waals surface area contributed by atoms with Crippen LogP contribution in [-0.2, 0) is 15.1 Å². The van der Waals surface area contributed by atoms with Gasteiger partial charge in [-0.05, 0) is 41.6 Å². The van der Waals surface area contributed by atoms with Crippen LogP contribution >= 0.6 is 35.2 Å². The molecule has 7 heteroatoms. The molecule has 0 saturated heterocycles. The SMILES string of the molecule is COC(=O)C1C(S)(I)N=NC1(C)c1ccccn1. The Hall–Kier alpha value is -0.700. The third-order valence-electron chi connectivity index (χ3n) is 2.95. The molecule has 0 saturated carbocycles. The summed E-state index contributed by atoms with van der Waals surface area (Å²) in [7, 11) is 1.35. The normalized spacial score (nSPS) is 34.6. The second-order valence-corrected chi connectivity index (χ2v) is 7.33. The maximum atomic E-state index is 12.0. The molecule has 2 rings (SSSR count). The van der Waals surface area contributed by atoms with Crippen LogP contribution in [0.5, 0.6) is 0 Å². The molecule has 0 radical (unpaired) electrons. The highest BCUT2D eigenvalue weighted by Crippen LogP contribution is 2.52. The van der Waals surface area contributed by atoms with Gasteiger partial charge in [-0.15, -0.1) is 12.6 Å². The minimum Gasteiger partial charge on any atom is -0.469 e. The number of nitrogens with zero attached hydrogens (tertiary/aromatic N) is 3. The number of thiol groups is 1. The Kier molecular flexibility index (Phi) is 3.63. The molecule has 0 spiro atoms. The van der Waals surface area contributed by atoms with Gasteiger partial charge in [-0.1, -0.05) is 6.07 Å². The summed E-state index contributed by atoms with van der Waals surface area (Å²) in [6, 6.07) is 5.48. The zero-order valence-electron chi connectivity index (χ0n) is 9.87. The summed E-state index contributed by atoms with van der Waals surface area (Å²) in [6.07, 6.45) is 1.66. The molecule has 0 N–H and O–H groups in total. The Morgan fingerprint density at radius 3 is 2.78 bits per heavy atom. The molecule has 3 unspecified atom stereocenters. The zero-order chi connectivity index (χ0) is 13.4. The highest BCUT2D eigenvalue weighted by Gasteiger charge is 2.58. The molecule has 0 aliphatic carbocycles. The quantitative estimate of drug-likeness (QED) is 0.283. The van der Waals surface area contributed by atoms with Gasteiger partial charge in [0, 0.05) is 6.20 Å². The van der Waals surface area contributed by atoms with E-state index >= 15 is 0 Å². The molecule has 1 aromatic rings. The van der Waals surface area contributed by atoms with Gasteiger partial charge in [0.15, 0.2) is 2.88 Å². The van der Waals surface area contributed by atoms with Crippen molar-refractivity contribution in [2.24, 2.45) is 16.1 Å². The number of carbonyl (C=O) groups excluding carboxylic acids is 1. The Morgan fingerprint density at radius 2 is 2.22 bits per heavy atom. The van der Waals surface area contributed by atoms with Gasteiger partial charge in [0.25, 0.3) is 0 Å². The Morgan fingerprint density at radius 1 is 1.50 bits per heavy atom. The van der Waals surface area contributed by atoms with Crippen LogP contribution in [0.1, 0.15) is 12.6 Å². The van der Waals surface area contributed by atoms with E-state index < -0.39 is 20.3 Å². The van der Waals surface area contributed by atoms with E-state index in [1.54, 1.807) is 6.20 Å². The molecule has 96 valence electrons. The standard InChI is InChI=1S/C11H12IN3O2S/c1-10(7-5-3-4-6-13-7)8(9(16)17-2)11(12,18)15-14-10/h3-6,8,18H,1-2H3. The van der Waals surface area contributed by atoms with Crippen molar-refractivity contribution < 1.29 is 9.53 Å². The average molecular weight is 377 g/mol. The van der Waals surface area contributed by atoms with Gasteiger partial charge < -0.3 is 4.74 Å². The van der Waals surface area contributed by atoms with Crippen molar-refractivity contribution in [1.29, 1.82) is 0 Å². The number of alkyl halides is 1. The van der Waals surface area contributed by atoms with Gasteiger partial charge in [0.1, 0.15) is 11.5 Å². The minimum atomic E-state index is -0.920. The fourth-order valence-electron chi connectivity index (χ4n) is 2.01. The van der Waals surface area contributed by atoms with E-state index in [9.17, 15) is 4.79 Å². The van der Waals surface area contributed by atoms with E-state index in [0.717, 1.165) is 0 Å². The van der Waals surface area contributed by atoms with Gasteiger partial charge in [-0.3, -0.25) is 9.78 Å². The molecule has 3 atom stereocenters. The largest absolute Gasteiger partial charge is 0.469 e. The predicted octanol–water partition coefficient (Wildman–Crippen LogP) is 2.57. The molecule has 0 bridgehead atoms. The van der Waals surface area contributed by atoms with E-state index in [2.05, 4.69) is 27.8 Å². The molecular formula is C11H12IN3O2S. The van der Waals surface area contributed by atoms with E-state index in [1.807, 2.05) is 47.7 Å². The van der Waals surface area contributed by atoms with Crippen molar-refractivity contribution in [2.45, 2.75) is 15.3 Å². The first-order valence-corrected chi connectivity index (χ1v) is 6.79. The van der Waals surface area contributed by atoms with Crippen LogP contribution in [0.4, 0.5) is 0 Å². The second kappa shape index (κ2) is 4.76. The lowest BCUT2D eigenvalue weighted by Crippen LogP contribution is -2.42. The first-order chi connectivity index (χ1) is 8.42. The van der Waals surface area contributed by atoms with Crippen molar-refractivity contribution in [3.63, 3.8) is 0 Å². The number of rotatable bonds is 2. The Labute approximate surface area is 124 Å². The van der Waals surface area contributed by atoms with Crippen LogP contribution in [-0.4, -0.2) is 20.9 Å². The fraction of sp³-hybridized carbons (Fsp3) is 0.455. The highest BCUT2D eigenvalue weighted by atomic mass is 127. The number of azo groups is 1. The van der Waals surface area contributed by atoms with E-state index in [-0.39, 0.29) is 0 Å². The molecule has 2 heterocycles. The number of methoxy groups -OCH3 is 1. The molecule has 1 aromatic heterocycles. The topological polar surface area (TPSA) is 63.9 Å². The summed E-state index contributed by atoms with van der Waals surface area (Å²) in [5.41, 5.74) is -0.172. The van der Waals surface area contributed by atoms with Crippen molar-refractivity contribution in [2.75, 3.05) is 7.11 Å². The molecular weight excluding hydrogens is 365 g/mol. The number of pyridine rings is 1. The molecule has 1 aliphatic heterocycles. The third-order valence-corrected chi connectivity index (χ3v) is 4.13. The third kappa shape index (κ3) is 2.13. The number of carbonyl (C=O) groups is 1. The van der Waals surface area contributed by atoms with E-state index in [4.69, 9.17) is 4.74 Å². The van der Waals surface area contributed by atoms with Gasteiger partial charge in [0.2, 0.25) is 0 Å².